The van der Waals surface area contributed by atoms with E-state index in [-0.39, 0.29) is 17.9 Å². The Kier molecular flexibility index (Phi) is 4.59. The number of nitrogens with zero attached hydrogens (tertiary/aromatic N) is 3. The van der Waals surface area contributed by atoms with Gasteiger partial charge < -0.3 is 10.0 Å². The molecule has 6 heteroatoms. The molecule has 3 rings (SSSR count). The van der Waals surface area contributed by atoms with Crippen LogP contribution < -0.4 is 0 Å². The molecule has 1 unspecified atom stereocenters. The number of aliphatic hydroxyl groups is 1. The Morgan fingerprint density at radius 2 is 1.85 bits per heavy atom. The van der Waals surface area contributed by atoms with Crippen LogP contribution >= 0.6 is 0 Å². The molecule has 134 valence electrons. The average molecular weight is 351 g/mol. The van der Waals surface area contributed by atoms with Crippen LogP contribution in [-0.2, 0) is 16.1 Å². The van der Waals surface area contributed by atoms with E-state index in [4.69, 9.17) is 0 Å². The Hall–Kier alpha value is -3.02. The van der Waals surface area contributed by atoms with Crippen molar-refractivity contribution in [3.8, 4) is 0 Å². The van der Waals surface area contributed by atoms with E-state index in [9.17, 15) is 14.7 Å². The molecule has 1 atom stereocenters. The number of Topliss-reactive ketones (excluding diaryl/α,β-unsaturated/α-hetero) is 1. The molecular formula is C20H21N3O3. The lowest BCUT2D eigenvalue weighted by Gasteiger charge is -2.28. The van der Waals surface area contributed by atoms with Crippen LogP contribution in [0.5, 0.6) is 0 Å². The first-order valence-electron chi connectivity index (χ1n) is 8.38. The van der Waals surface area contributed by atoms with Gasteiger partial charge in [-0.3, -0.25) is 19.6 Å². The molecule has 0 saturated carbocycles. The van der Waals surface area contributed by atoms with E-state index in [1.807, 2.05) is 6.07 Å². The summed E-state index contributed by atoms with van der Waals surface area (Å²) in [5, 5.41) is 10.5. The first-order chi connectivity index (χ1) is 12.3. The summed E-state index contributed by atoms with van der Waals surface area (Å²) in [5.74, 6) is -1.28. The molecule has 26 heavy (non-hydrogen) atoms. The Bertz CT molecular complexity index is 855. The van der Waals surface area contributed by atoms with E-state index >= 15 is 0 Å². The van der Waals surface area contributed by atoms with Crippen LogP contribution in [0.3, 0.4) is 0 Å². The number of aromatic nitrogens is 2. The monoisotopic (exact) mass is 351 g/mol. The molecule has 1 aliphatic heterocycles. The lowest BCUT2D eigenvalue weighted by atomic mass is 9.82. The van der Waals surface area contributed by atoms with Crippen molar-refractivity contribution in [2.75, 3.05) is 0 Å². The largest absolute Gasteiger partial charge is 0.503 e. The van der Waals surface area contributed by atoms with Crippen molar-refractivity contribution in [3.63, 3.8) is 0 Å². The van der Waals surface area contributed by atoms with Gasteiger partial charge in [0.25, 0.3) is 5.91 Å². The van der Waals surface area contributed by atoms with Crippen molar-refractivity contribution in [2.24, 2.45) is 5.41 Å². The zero-order chi connectivity index (χ0) is 18.9. The molecule has 0 spiro atoms. The molecule has 0 saturated heterocycles. The van der Waals surface area contributed by atoms with Crippen molar-refractivity contribution >= 4 is 11.7 Å². The molecule has 1 amide bonds. The minimum Gasteiger partial charge on any atom is -0.503 e. The third-order valence-corrected chi connectivity index (χ3v) is 4.33. The summed E-state index contributed by atoms with van der Waals surface area (Å²) in [5.41, 5.74) is 0.961. The molecule has 1 aliphatic rings. The smallest absolute Gasteiger partial charge is 0.290 e. The predicted octanol–water partition coefficient (Wildman–Crippen LogP) is 2.99. The maximum atomic E-state index is 13.0. The SMILES string of the molecule is CC(C)(C)C(=O)C1=C(O)C(=O)N(Cc2cccnc2)C1c1ccncc1. The molecular weight excluding hydrogens is 330 g/mol. The van der Waals surface area contributed by atoms with Crippen molar-refractivity contribution in [2.45, 2.75) is 33.4 Å². The van der Waals surface area contributed by atoms with E-state index < -0.39 is 23.1 Å². The quantitative estimate of drug-likeness (QED) is 0.915. The van der Waals surface area contributed by atoms with Crippen LogP contribution in [0, 0.1) is 5.41 Å². The third kappa shape index (κ3) is 3.22. The number of carbonyl (C=O) groups excluding carboxylic acids is 2. The van der Waals surface area contributed by atoms with Gasteiger partial charge in [0, 0.05) is 36.7 Å². The Labute approximate surface area is 152 Å². The van der Waals surface area contributed by atoms with Gasteiger partial charge in [0.05, 0.1) is 11.6 Å². The fraction of sp³-hybridized carbons (Fsp3) is 0.300. The standard InChI is InChI=1S/C20H21N3O3/c1-20(2,3)18(25)15-16(14-6-9-21-10-7-14)23(19(26)17(15)24)12-13-5-4-8-22-11-13/h4-11,16,24H,12H2,1-3H3. The topological polar surface area (TPSA) is 83.4 Å². The summed E-state index contributed by atoms with van der Waals surface area (Å²) in [6, 6.07) is 6.49. The average Bonchev–Trinajstić information content (AvgIpc) is 2.87. The highest BCUT2D eigenvalue weighted by molar-refractivity contribution is 6.10. The van der Waals surface area contributed by atoms with Gasteiger partial charge in [0.2, 0.25) is 0 Å². The lowest BCUT2D eigenvalue weighted by Crippen LogP contribution is -2.32. The fourth-order valence-corrected chi connectivity index (χ4v) is 3.03. The van der Waals surface area contributed by atoms with Gasteiger partial charge in [-0.25, -0.2) is 0 Å². The highest BCUT2D eigenvalue weighted by Gasteiger charge is 2.45. The van der Waals surface area contributed by atoms with Crippen LogP contribution in [0.1, 0.15) is 37.9 Å². The Morgan fingerprint density at radius 1 is 1.15 bits per heavy atom. The van der Waals surface area contributed by atoms with Gasteiger partial charge >= 0.3 is 0 Å². The molecule has 0 aromatic carbocycles. The normalized spacial score (nSPS) is 17.7. The van der Waals surface area contributed by atoms with Crippen LogP contribution in [0.15, 0.2) is 60.4 Å². The van der Waals surface area contributed by atoms with Crippen molar-refractivity contribution in [1.29, 1.82) is 0 Å². The molecule has 3 heterocycles. The minimum absolute atomic E-state index is 0.137. The molecule has 0 bridgehead atoms. The van der Waals surface area contributed by atoms with E-state index in [0.29, 0.717) is 0 Å². The second-order valence-electron chi connectivity index (χ2n) is 7.32. The fourth-order valence-electron chi connectivity index (χ4n) is 3.03. The van der Waals surface area contributed by atoms with Crippen molar-refractivity contribution < 1.29 is 14.7 Å². The van der Waals surface area contributed by atoms with Crippen LogP contribution in [0.25, 0.3) is 0 Å². The molecule has 0 radical (unpaired) electrons. The number of rotatable bonds is 4. The summed E-state index contributed by atoms with van der Waals surface area (Å²) >= 11 is 0. The number of hydrogen-bond donors (Lipinski definition) is 1. The zero-order valence-corrected chi connectivity index (χ0v) is 15.0. The van der Waals surface area contributed by atoms with Crippen molar-refractivity contribution in [3.05, 3.63) is 71.5 Å². The first kappa shape index (κ1) is 17.8. The van der Waals surface area contributed by atoms with Gasteiger partial charge in [-0.1, -0.05) is 26.8 Å². The number of hydrogen-bond acceptors (Lipinski definition) is 5. The zero-order valence-electron chi connectivity index (χ0n) is 15.0. The Morgan fingerprint density at radius 3 is 2.42 bits per heavy atom. The highest BCUT2D eigenvalue weighted by atomic mass is 16.3. The Balaban J connectivity index is 2.08. The van der Waals surface area contributed by atoms with E-state index in [2.05, 4.69) is 9.97 Å². The number of amides is 1. The van der Waals surface area contributed by atoms with Crippen LogP contribution in [0.4, 0.5) is 0 Å². The summed E-state index contributed by atoms with van der Waals surface area (Å²) in [6.07, 6.45) is 6.53. The molecule has 6 nitrogen and oxygen atoms in total. The molecule has 2 aromatic heterocycles. The van der Waals surface area contributed by atoms with Crippen molar-refractivity contribution in [1.82, 2.24) is 14.9 Å². The molecule has 1 N–H and O–H groups in total. The molecule has 0 fully saturated rings. The number of aliphatic hydroxyl groups excluding tert-OH is 1. The highest BCUT2D eigenvalue weighted by Crippen LogP contribution is 2.41. The van der Waals surface area contributed by atoms with Gasteiger partial charge in [-0.15, -0.1) is 0 Å². The minimum atomic E-state index is -0.723. The van der Waals surface area contributed by atoms with Gasteiger partial charge in [0.1, 0.15) is 0 Å². The van der Waals surface area contributed by atoms with E-state index in [1.54, 1.807) is 63.8 Å². The van der Waals surface area contributed by atoms with Crippen LogP contribution in [-0.4, -0.2) is 31.7 Å². The van der Waals surface area contributed by atoms with Crippen LogP contribution in [0.2, 0.25) is 0 Å². The predicted molar refractivity (Wildman–Crippen MR) is 95.9 cm³/mol. The summed E-state index contributed by atoms with van der Waals surface area (Å²) < 4.78 is 0. The number of ketones is 1. The number of carbonyl (C=O) groups is 2. The summed E-state index contributed by atoms with van der Waals surface area (Å²) in [6.45, 7) is 5.55. The maximum Gasteiger partial charge on any atom is 0.290 e. The summed E-state index contributed by atoms with van der Waals surface area (Å²) in [4.78, 5) is 35.3. The first-order valence-corrected chi connectivity index (χ1v) is 8.38. The third-order valence-electron chi connectivity index (χ3n) is 4.33. The second-order valence-corrected chi connectivity index (χ2v) is 7.32. The molecule has 2 aromatic rings. The van der Waals surface area contributed by atoms with E-state index in [0.717, 1.165) is 11.1 Å². The number of pyridine rings is 2. The maximum absolute atomic E-state index is 13.0. The molecule has 0 aliphatic carbocycles. The lowest BCUT2D eigenvalue weighted by molar-refractivity contribution is -0.130. The summed E-state index contributed by atoms with van der Waals surface area (Å²) in [7, 11) is 0. The van der Waals surface area contributed by atoms with Gasteiger partial charge in [-0.05, 0) is 29.3 Å². The second kappa shape index (κ2) is 6.71. The van der Waals surface area contributed by atoms with Gasteiger partial charge in [-0.2, -0.15) is 0 Å². The van der Waals surface area contributed by atoms with Gasteiger partial charge in [0.15, 0.2) is 11.5 Å². The van der Waals surface area contributed by atoms with E-state index in [1.165, 1.54) is 4.90 Å².